The molecule has 0 saturated carbocycles. The van der Waals surface area contributed by atoms with E-state index in [1.165, 1.54) is 12.7 Å². The van der Waals surface area contributed by atoms with Gasteiger partial charge in [0.15, 0.2) is 0 Å². The molecular formula is C21H24N4O3. The van der Waals surface area contributed by atoms with E-state index in [9.17, 15) is 9.59 Å². The molecule has 1 aromatic carbocycles. The third kappa shape index (κ3) is 3.71. The molecule has 1 fully saturated rings. The molecule has 0 N–H and O–H groups in total. The Kier molecular flexibility index (Phi) is 5.25. The normalized spacial score (nSPS) is 16.8. The second-order valence-electron chi connectivity index (χ2n) is 7.08. The summed E-state index contributed by atoms with van der Waals surface area (Å²) in [6.45, 7) is 4.17. The first-order valence-corrected chi connectivity index (χ1v) is 9.55. The van der Waals surface area contributed by atoms with Gasteiger partial charge in [0.25, 0.3) is 5.91 Å². The van der Waals surface area contributed by atoms with Gasteiger partial charge in [0.2, 0.25) is 0 Å². The fraction of sp³-hybridized carbons (Fsp3) is 0.381. The molecule has 0 bridgehead atoms. The predicted molar refractivity (Wildman–Crippen MR) is 107 cm³/mol. The van der Waals surface area contributed by atoms with Crippen molar-refractivity contribution in [3.8, 4) is 0 Å². The fourth-order valence-electron chi connectivity index (χ4n) is 3.79. The Labute approximate surface area is 164 Å². The molecule has 28 heavy (non-hydrogen) atoms. The Hall–Kier alpha value is -2.93. The number of carbonyl (C=O) groups excluding carboxylic acids is 2. The molecule has 0 atom stereocenters. The number of anilines is 2. The van der Waals surface area contributed by atoms with E-state index in [4.69, 9.17) is 4.74 Å². The molecule has 2 aromatic rings. The Morgan fingerprint density at radius 1 is 1.04 bits per heavy atom. The largest absolute Gasteiger partial charge is 0.468 e. The van der Waals surface area contributed by atoms with Gasteiger partial charge in [-0.25, -0.2) is 4.98 Å². The molecule has 0 aliphatic carbocycles. The molecule has 1 aromatic heterocycles. The van der Waals surface area contributed by atoms with Crippen LogP contribution < -0.4 is 9.80 Å². The summed E-state index contributed by atoms with van der Waals surface area (Å²) in [4.78, 5) is 34.9. The molecule has 1 amide bonds. The molecule has 2 aliphatic rings. The zero-order valence-electron chi connectivity index (χ0n) is 16.0. The van der Waals surface area contributed by atoms with Crippen molar-refractivity contribution in [3.63, 3.8) is 0 Å². The van der Waals surface area contributed by atoms with E-state index >= 15 is 0 Å². The van der Waals surface area contributed by atoms with Crippen molar-refractivity contribution >= 4 is 23.4 Å². The summed E-state index contributed by atoms with van der Waals surface area (Å²) >= 11 is 0. The summed E-state index contributed by atoms with van der Waals surface area (Å²) in [7, 11) is 1.41. The number of methoxy groups -OCH3 is 1. The number of ether oxygens (including phenoxy) is 1. The number of esters is 1. The van der Waals surface area contributed by atoms with E-state index in [0.29, 0.717) is 18.7 Å². The number of aromatic nitrogens is 1. The molecule has 4 rings (SSSR count). The highest BCUT2D eigenvalue weighted by Gasteiger charge is 2.26. The zero-order valence-corrected chi connectivity index (χ0v) is 16.0. The number of hydrogen-bond acceptors (Lipinski definition) is 6. The maximum Gasteiger partial charge on any atom is 0.319 e. The molecule has 3 heterocycles. The topological polar surface area (TPSA) is 66.0 Å². The van der Waals surface area contributed by atoms with E-state index in [0.717, 1.165) is 44.1 Å². The van der Waals surface area contributed by atoms with E-state index in [1.807, 2.05) is 35.2 Å². The number of carbonyl (C=O) groups is 2. The van der Waals surface area contributed by atoms with Gasteiger partial charge in [-0.2, -0.15) is 0 Å². The van der Waals surface area contributed by atoms with Crippen LogP contribution in [0.3, 0.4) is 0 Å². The third-order valence-corrected chi connectivity index (χ3v) is 5.40. The minimum atomic E-state index is -0.210. The van der Waals surface area contributed by atoms with Crippen LogP contribution in [0.5, 0.6) is 0 Å². The lowest BCUT2D eigenvalue weighted by atomic mass is 10.2. The van der Waals surface area contributed by atoms with Gasteiger partial charge in [-0.1, -0.05) is 18.2 Å². The van der Waals surface area contributed by atoms with Crippen molar-refractivity contribution in [2.24, 2.45) is 0 Å². The van der Waals surface area contributed by atoms with Crippen molar-refractivity contribution in [1.82, 2.24) is 9.88 Å². The highest BCUT2D eigenvalue weighted by atomic mass is 16.5. The SMILES string of the molecule is COC(=O)CN1CCN(c2ccc(C(=O)N3CCc4ccccc43)cn2)CC1. The van der Waals surface area contributed by atoms with Gasteiger partial charge in [0, 0.05) is 44.6 Å². The minimum absolute atomic E-state index is 0.00750. The van der Waals surface area contributed by atoms with E-state index in [-0.39, 0.29) is 11.9 Å². The van der Waals surface area contributed by atoms with Crippen molar-refractivity contribution in [1.29, 1.82) is 0 Å². The van der Waals surface area contributed by atoms with Crippen molar-refractivity contribution < 1.29 is 14.3 Å². The summed E-state index contributed by atoms with van der Waals surface area (Å²) < 4.78 is 4.72. The summed E-state index contributed by atoms with van der Waals surface area (Å²) in [5.74, 6) is 0.640. The van der Waals surface area contributed by atoms with Crippen LogP contribution >= 0.6 is 0 Å². The molecule has 1 saturated heterocycles. The minimum Gasteiger partial charge on any atom is -0.468 e. The van der Waals surface area contributed by atoms with E-state index in [1.54, 1.807) is 6.20 Å². The highest BCUT2D eigenvalue weighted by molar-refractivity contribution is 6.07. The lowest BCUT2D eigenvalue weighted by molar-refractivity contribution is -0.142. The average Bonchev–Trinajstić information content (AvgIpc) is 3.18. The molecule has 7 heteroatoms. The third-order valence-electron chi connectivity index (χ3n) is 5.40. The van der Waals surface area contributed by atoms with Crippen LogP contribution in [-0.4, -0.2) is 68.1 Å². The average molecular weight is 380 g/mol. The van der Waals surface area contributed by atoms with Gasteiger partial charge in [0.05, 0.1) is 19.2 Å². The summed E-state index contributed by atoms with van der Waals surface area (Å²) in [6, 6.07) is 11.8. The number of amides is 1. The number of rotatable bonds is 4. The smallest absolute Gasteiger partial charge is 0.319 e. The van der Waals surface area contributed by atoms with Crippen LogP contribution in [0.25, 0.3) is 0 Å². The molecular weight excluding hydrogens is 356 g/mol. The monoisotopic (exact) mass is 380 g/mol. The number of hydrogen-bond donors (Lipinski definition) is 0. The standard InChI is InChI=1S/C21H24N4O3/c1-28-20(26)15-23-10-12-24(13-11-23)19-7-6-17(14-22-19)21(27)25-9-8-16-4-2-3-5-18(16)25/h2-7,14H,8-13,15H2,1H3. The lowest BCUT2D eigenvalue weighted by Gasteiger charge is -2.34. The molecule has 7 nitrogen and oxygen atoms in total. The van der Waals surface area contributed by atoms with Gasteiger partial charge in [-0.3, -0.25) is 14.5 Å². The molecule has 146 valence electrons. The number of pyridine rings is 1. The molecule has 0 radical (unpaired) electrons. The van der Waals surface area contributed by atoms with Crippen LogP contribution in [0.4, 0.5) is 11.5 Å². The second-order valence-corrected chi connectivity index (χ2v) is 7.08. The second kappa shape index (κ2) is 7.98. The summed E-state index contributed by atoms with van der Waals surface area (Å²) in [5, 5.41) is 0. The number of para-hydroxylation sites is 1. The maximum absolute atomic E-state index is 12.9. The van der Waals surface area contributed by atoms with Crippen LogP contribution in [0.15, 0.2) is 42.6 Å². The van der Waals surface area contributed by atoms with Crippen LogP contribution in [0.2, 0.25) is 0 Å². The van der Waals surface area contributed by atoms with E-state index < -0.39 is 0 Å². The number of fused-ring (bicyclic) bond motifs is 1. The first kappa shape index (κ1) is 18.4. The Balaban J connectivity index is 1.38. The van der Waals surface area contributed by atoms with Gasteiger partial charge in [0.1, 0.15) is 5.82 Å². The van der Waals surface area contributed by atoms with Gasteiger partial charge in [-0.05, 0) is 30.2 Å². The van der Waals surface area contributed by atoms with Gasteiger partial charge in [-0.15, -0.1) is 0 Å². The van der Waals surface area contributed by atoms with Crippen LogP contribution in [0.1, 0.15) is 15.9 Å². The summed E-state index contributed by atoms with van der Waals surface area (Å²) in [5.41, 5.74) is 2.81. The number of benzene rings is 1. The Morgan fingerprint density at radius 2 is 1.82 bits per heavy atom. The van der Waals surface area contributed by atoms with Gasteiger partial charge < -0.3 is 14.5 Å². The molecule has 2 aliphatic heterocycles. The summed E-state index contributed by atoms with van der Waals surface area (Å²) in [6.07, 6.45) is 2.56. The number of piperazine rings is 1. The predicted octanol–water partition coefficient (Wildman–Crippen LogP) is 1.58. The fourth-order valence-corrected chi connectivity index (χ4v) is 3.79. The Morgan fingerprint density at radius 3 is 2.54 bits per heavy atom. The van der Waals surface area contributed by atoms with Crippen molar-refractivity contribution in [3.05, 3.63) is 53.7 Å². The maximum atomic E-state index is 12.9. The molecule has 0 spiro atoms. The van der Waals surface area contributed by atoms with E-state index in [2.05, 4.69) is 20.9 Å². The van der Waals surface area contributed by atoms with Crippen molar-refractivity contribution in [2.75, 3.05) is 56.2 Å². The van der Waals surface area contributed by atoms with Crippen LogP contribution in [-0.2, 0) is 16.0 Å². The quantitative estimate of drug-likeness (QED) is 0.751. The first-order chi connectivity index (χ1) is 13.7. The number of nitrogens with zero attached hydrogens (tertiary/aromatic N) is 4. The lowest BCUT2D eigenvalue weighted by Crippen LogP contribution is -2.48. The van der Waals surface area contributed by atoms with Crippen molar-refractivity contribution in [2.45, 2.75) is 6.42 Å². The zero-order chi connectivity index (χ0) is 19.5. The Bertz CT molecular complexity index is 860. The molecule has 0 unspecified atom stereocenters. The highest BCUT2D eigenvalue weighted by Crippen LogP contribution is 2.29. The van der Waals surface area contributed by atoms with Crippen LogP contribution in [0, 0.1) is 0 Å². The van der Waals surface area contributed by atoms with Gasteiger partial charge >= 0.3 is 5.97 Å². The first-order valence-electron chi connectivity index (χ1n) is 9.55.